The lowest BCUT2D eigenvalue weighted by Crippen LogP contribution is -2.41. The van der Waals surface area contributed by atoms with Crippen LogP contribution < -0.4 is 0 Å². The number of hydrogen-bond donors (Lipinski definition) is 0. The number of methoxy groups -OCH3 is 1. The fraction of sp³-hybridized carbons (Fsp3) is 0.500. The Labute approximate surface area is 175 Å². The van der Waals surface area contributed by atoms with Gasteiger partial charge in [-0.05, 0) is 36.1 Å². The maximum absolute atomic E-state index is 11.0. The van der Waals surface area contributed by atoms with Crippen LogP contribution in [0.3, 0.4) is 0 Å². The third-order valence-electron chi connectivity index (χ3n) is 4.75. The fourth-order valence-electron chi connectivity index (χ4n) is 2.79. The van der Waals surface area contributed by atoms with Crippen molar-refractivity contribution in [3.63, 3.8) is 0 Å². The van der Waals surface area contributed by atoms with Gasteiger partial charge in [0.05, 0.1) is 13.2 Å². The van der Waals surface area contributed by atoms with E-state index >= 15 is 0 Å². The van der Waals surface area contributed by atoms with Crippen LogP contribution in [0.15, 0.2) is 59.2 Å². The van der Waals surface area contributed by atoms with E-state index in [2.05, 4.69) is 73.5 Å². The van der Waals surface area contributed by atoms with Crippen molar-refractivity contribution in [3.05, 3.63) is 59.2 Å². The summed E-state index contributed by atoms with van der Waals surface area (Å²) in [5.74, 6) is -0.0755. The molecule has 0 radical (unpaired) electrons. The highest BCUT2D eigenvalue weighted by Gasteiger charge is 2.32. The van der Waals surface area contributed by atoms with Gasteiger partial charge in [-0.3, -0.25) is 0 Å². The molecule has 152 valence electrons. The Hall–Kier alpha value is -1.17. The summed E-state index contributed by atoms with van der Waals surface area (Å²) in [7, 11) is -0.298. The lowest BCUT2D eigenvalue weighted by atomic mass is 10.0. The maximum Gasteiger partial charge on any atom is 0.330 e. The molecule has 0 aromatic carbocycles. The van der Waals surface area contributed by atoms with Gasteiger partial charge >= 0.3 is 5.97 Å². The number of hydrogen-bond acceptors (Lipinski definition) is 3. The van der Waals surface area contributed by atoms with Crippen LogP contribution in [0.4, 0.5) is 0 Å². The summed E-state index contributed by atoms with van der Waals surface area (Å²) in [5.41, 5.74) is 1.18. The van der Waals surface area contributed by atoms with Crippen LogP contribution in [0.5, 0.6) is 0 Å². The van der Waals surface area contributed by atoms with Gasteiger partial charge in [-0.25, -0.2) is 4.79 Å². The first-order valence-corrected chi connectivity index (χ1v) is 13.0. The molecule has 0 saturated heterocycles. The van der Waals surface area contributed by atoms with Crippen molar-refractivity contribution in [2.45, 2.75) is 58.9 Å². The van der Waals surface area contributed by atoms with Gasteiger partial charge in [0.15, 0.2) is 8.32 Å². The molecule has 0 N–H and O–H groups in total. The summed E-state index contributed by atoms with van der Waals surface area (Å²) < 4.78 is 11.2. The molecule has 0 bridgehead atoms. The summed E-state index contributed by atoms with van der Waals surface area (Å²) in [6.07, 6.45) is 15.2. The van der Waals surface area contributed by atoms with Crippen LogP contribution in [0.25, 0.3) is 0 Å². The van der Waals surface area contributed by atoms with Crippen LogP contribution in [0, 0.1) is 5.92 Å². The summed E-state index contributed by atoms with van der Waals surface area (Å²) in [6, 6.07) is 3.43. The van der Waals surface area contributed by atoms with Crippen molar-refractivity contribution in [2.75, 3.05) is 7.11 Å². The Balaban J connectivity index is 5.01. The monoisotopic (exact) mass is 454 g/mol. The average molecular weight is 456 g/mol. The van der Waals surface area contributed by atoms with Gasteiger partial charge < -0.3 is 9.16 Å². The molecule has 27 heavy (non-hydrogen) atoms. The Kier molecular flexibility index (Phi) is 14.2. The number of rotatable bonds is 12. The molecule has 0 aliphatic rings. The minimum Gasteiger partial charge on any atom is -0.466 e. The van der Waals surface area contributed by atoms with Crippen molar-refractivity contribution in [3.8, 4) is 0 Å². The first-order valence-electron chi connectivity index (χ1n) is 9.60. The van der Waals surface area contributed by atoms with Gasteiger partial charge in [0.2, 0.25) is 0 Å². The van der Waals surface area contributed by atoms with Crippen LogP contribution in [0.1, 0.15) is 34.6 Å². The second-order valence-corrected chi connectivity index (χ2v) is 11.8. The highest BCUT2D eigenvalue weighted by atomic mass is 79.9. The lowest BCUT2D eigenvalue weighted by Gasteiger charge is -2.34. The standard InChI is InChI=1S/C22H35BrO3Si/c1-7-27(8-2,9-3)26-21(16-17-23)20(5)18-19(4)14-12-10-11-13-15-22(24)25-6/h10-18,20-21H,7-9H2,1-6H3/b11-10+,14-12-,15-13-,17-16-,19-18+/t20-,21+/m1/s1. The van der Waals surface area contributed by atoms with Crippen LogP contribution in [-0.2, 0) is 14.0 Å². The van der Waals surface area contributed by atoms with Gasteiger partial charge in [0.1, 0.15) is 0 Å². The first kappa shape index (κ1) is 25.8. The predicted molar refractivity (Wildman–Crippen MR) is 122 cm³/mol. The first-order chi connectivity index (χ1) is 12.9. The largest absolute Gasteiger partial charge is 0.466 e. The van der Waals surface area contributed by atoms with Crippen molar-refractivity contribution >= 4 is 30.2 Å². The summed E-state index contributed by atoms with van der Waals surface area (Å²) in [5, 5.41) is 0. The minimum absolute atomic E-state index is 0.0813. The van der Waals surface area contributed by atoms with Crippen LogP contribution in [0.2, 0.25) is 18.1 Å². The zero-order valence-electron chi connectivity index (χ0n) is 17.6. The van der Waals surface area contributed by atoms with E-state index in [1.165, 1.54) is 18.8 Å². The number of esters is 1. The molecule has 5 heteroatoms. The van der Waals surface area contributed by atoms with E-state index < -0.39 is 8.32 Å². The zero-order valence-corrected chi connectivity index (χ0v) is 20.2. The molecule has 0 aromatic heterocycles. The Bertz CT molecular complexity index is 564. The van der Waals surface area contributed by atoms with E-state index in [4.69, 9.17) is 4.43 Å². The molecular formula is C22H35BrO3Si. The molecule has 3 nitrogen and oxygen atoms in total. The van der Waals surface area contributed by atoms with Crippen molar-refractivity contribution in [1.82, 2.24) is 0 Å². The van der Waals surface area contributed by atoms with Gasteiger partial charge in [-0.2, -0.15) is 0 Å². The normalized spacial score (nSPS) is 16.0. The summed E-state index contributed by atoms with van der Waals surface area (Å²) >= 11 is 3.41. The van der Waals surface area contributed by atoms with Crippen molar-refractivity contribution in [1.29, 1.82) is 0 Å². The maximum atomic E-state index is 11.0. The highest BCUT2D eigenvalue weighted by Crippen LogP contribution is 2.27. The van der Waals surface area contributed by atoms with E-state index in [0.29, 0.717) is 0 Å². The summed E-state index contributed by atoms with van der Waals surface area (Å²) in [4.78, 5) is 12.9. The molecule has 2 atom stereocenters. The second-order valence-electron chi connectivity index (χ2n) is 6.54. The zero-order chi connectivity index (χ0) is 20.7. The molecule has 0 amide bonds. The number of halogens is 1. The van der Waals surface area contributed by atoms with Gasteiger partial charge in [0.25, 0.3) is 0 Å². The number of carbonyl (C=O) groups is 1. The smallest absolute Gasteiger partial charge is 0.330 e. The van der Waals surface area contributed by atoms with Gasteiger partial charge in [-0.1, -0.05) is 85.7 Å². The fourth-order valence-corrected chi connectivity index (χ4v) is 5.96. The average Bonchev–Trinajstić information content (AvgIpc) is 2.67. The van der Waals surface area contributed by atoms with Crippen molar-refractivity contribution in [2.24, 2.45) is 5.92 Å². The minimum atomic E-state index is -1.66. The molecule has 0 unspecified atom stereocenters. The summed E-state index contributed by atoms with van der Waals surface area (Å²) in [6.45, 7) is 11.0. The third kappa shape index (κ3) is 10.7. The SMILES string of the molecule is CC[Si](CC)(CC)O[C@@H](/C=C\Br)[C@H](C)/C=C(C)/C=C\C=C\C=C/C(=O)OC. The van der Waals surface area contributed by atoms with Crippen LogP contribution in [-0.4, -0.2) is 27.5 Å². The van der Waals surface area contributed by atoms with E-state index in [9.17, 15) is 4.79 Å². The van der Waals surface area contributed by atoms with E-state index in [1.807, 2.05) is 17.1 Å². The molecule has 0 saturated carbocycles. The molecule has 0 aliphatic carbocycles. The predicted octanol–water partition coefficient (Wildman–Crippen LogP) is 6.71. The van der Waals surface area contributed by atoms with Gasteiger partial charge in [-0.15, -0.1) is 0 Å². The van der Waals surface area contributed by atoms with E-state index in [0.717, 1.165) is 18.1 Å². The van der Waals surface area contributed by atoms with Crippen molar-refractivity contribution < 1.29 is 14.0 Å². The number of ether oxygens (including phenoxy) is 1. The molecule has 0 aliphatic heterocycles. The topological polar surface area (TPSA) is 35.5 Å². The highest BCUT2D eigenvalue weighted by molar-refractivity contribution is 9.11. The molecule has 0 heterocycles. The Morgan fingerprint density at radius 3 is 2.07 bits per heavy atom. The van der Waals surface area contributed by atoms with Gasteiger partial charge in [0, 0.05) is 12.0 Å². The molecule has 0 spiro atoms. The molecular weight excluding hydrogens is 420 g/mol. The second kappa shape index (κ2) is 14.8. The molecule has 0 fully saturated rings. The quantitative estimate of drug-likeness (QED) is 0.142. The lowest BCUT2D eigenvalue weighted by molar-refractivity contribution is -0.134. The van der Waals surface area contributed by atoms with Crippen LogP contribution >= 0.6 is 15.9 Å². The third-order valence-corrected chi connectivity index (χ3v) is 9.69. The number of carbonyl (C=O) groups excluding carboxylic acids is 1. The Morgan fingerprint density at radius 2 is 1.59 bits per heavy atom. The Morgan fingerprint density at radius 1 is 1.04 bits per heavy atom. The number of allylic oxidation sites excluding steroid dienone is 6. The molecule has 0 aromatic rings. The van der Waals surface area contributed by atoms with E-state index in [1.54, 1.807) is 12.2 Å². The van der Waals surface area contributed by atoms with E-state index in [-0.39, 0.29) is 18.0 Å². The molecule has 0 rings (SSSR count).